The van der Waals surface area contributed by atoms with E-state index >= 15 is 0 Å². The van der Waals surface area contributed by atoms with Gasteiger partial charge in [-0.25, -0.2) is 0 Å². The molecular formula is C63H55BN2OS. The Bertz CT molecular complexity index is 4030. The van der Waals surface area contributed by atoms with Gasteiger partial charge in [0.15, 0.2) is 7.28 Å². The summed E-state index contributed by atoms with van der Waals surface area (Å²) in [7, 11) is 0.778. The fraction of sp³-hybridized carbons (Fsp3) is 0.238. The number of thiophene rings is 1. The number of nitrogens with one attached hydrogen (secondary N) is 1. The van der Waals surface area contributed by atoms with Gasteiger partial charge < -0.3 is 14.3 Å². The number of hydrogen-bond donors (Lipinski definition) is 1. The zero-order chi connectivity index (χ0) is 46.4. The minimum absolute atomic E-state index is 0.0546. The molecule has 2 aliphatic carbocycles. The van der Waals surface area contributed by atoms with Crippen molar-refractivity contribution in [2.45, 2.75) is 96.8 Å². The molecule has 11 aromatic rings. The maximum Gasteiger partial charge on any atom is 0.198 e. The van der Waals surface area contributed by atoms with Crippen LogP contribution < -0.4 is 16.2 Å². The van der Waals surface area contributed by atoms with E-state index in [1.807, 2.05) is 11.3 Å². The lowest BCUT2D eigenvalue weighted by molar-refractivity contribution is 0.332. The summed E-state index contributed by atoms with van der Waals surface area (Å²) in [6.45, 7) is 21.5. The highest BCUT2D eigenvalue weighted by Gasteiger charge is 2.41. The second-order valence-corrected chi connectivity index (χ2v) is 24.3. The molecule has 3 nitrogen and oxygen atoms in total. The molecule has 3 aromatic heterocycles. The van der Waals surface area contributed by atoms with Crippen molar-refractivity contribution in [1.82, 2.24) is 4.57 Å². The topological polar surface area (TPSA) is 30.1 Å². The van der Waals surface area contributed by atoms with Crippen molar-refractivity contribution in [2.75, 3.05) is 5.32 Å². The molecule has 0 bridgehead atoms. The Morgan fingerprint density at radius 1 is 0.603 bits per heavy atom. The zero-order valence-electron chi connectivity index (χ0n) is 40.6. The third-order valence-corrected chi connectivity index (χ3v) is 18.0. The van der Waals surface area contributed by atoms with Crippen molar-refractivity contribution in [2.24, 2.45) is 0 Å². The first-order valence-electron chi connectivity index (χ1n) is 24.7. The number of furan rings is 1. The van der Waals surface area contributed by atoms with E-state index in [4.69, 9.17) is 4.42 Å². The van der Waals surface area contributed by atoms with Crippen LogP contribution in [0.2, 0.25) is 0 Å². The van der Waals surface area contributed by atoms with Gasteiger partial charge in [-0.15, -0.1) is 11.3 Å². The Morgan fingerprint density at radius 2 is 1.31 bits per heavy atom. The molecule has 0 atom stereocenters. The van der Waals surface area contributed by atoms with E-state index in [9.17, 15) is 0 Å². The lowest BCUT2D eigenvalue weighted by atomic mass is 9.58. The smallest absolute Gasteiger partial charge is 0.198 e. The Kier molecular flexibility index (Phi) is 7.96. The van der Waals surface area contributed by atoms with E-state index in [0.29, 0.717) is 0 Å². The van der Waals surface area contributed by atoms with Crippen LogP contribution in [0.5, 0.6) is 0 Å². The molecule has 14 rings (SSSR count). The molecule has 0 radical (unpaired) electrons. The van der Waals surface area contributed by atoms with E-state index in [1.54, 1.807) is 0 Å². The normalized spacial score (nSPS) is 16.4. The quantitative estimate of drug-likeness (QED) is 0.179. The zero-order valence-corrected chi connectivity index (χ0v) is 41.4. The predicted molar refractivity (Wildman–Crippen MR) is 294 cm³/mol. The summed E-state index contributed by atoms with van der Waals surface area (Å²) in [5.41, 5.74) is 23.0. The van der Waals surface area contributed by atoms with Crippen molar-refractivity contribution in [3.05, 3.63) is 161 Å². The molecule has 68 heavy (non-hydrogen) atoms. The minimum Gasteiger partial charge on any atom is -0.456 e. The second kappa shape index (κ2) is 13.4. The molecule has 0 saturated carbocycles. The summed E-state index contributed by atoms with van der Waals surface area (Å²) in [5.74, 6) is 0. The van der Waals surface area contributed by atoms with Crippen molar-refractivity contribution < 1.29 is 4.42 Å². The average molecular weight is 899 g/mol. The molecule has 4 heterocycles. The van der Waals surface area contributed by atoms with E-state index in [1.165, 1.54) is 127 Å². The molecular weight excluding hydrogens is 844 g/mol. The van der Waals surface area contributed by atoms with Gasteiger partial charge in [0.1, 0.15) is 11.2 Å². The van der Waals surface area contributed by atoms with E-state index in [-0.39, 0.29) is 21.7 Å². The molecule has 1 aliphatic heterocycles. The molecule has 0 amide bonds. The van der Waals surface area contributed by atoms with Crippen LogP contribution in [0.4, 0.5) is 11.4 Å². The summed E-state index contributed by atoms with van der Waals surface area (Å²) in [4.78, 5) is 0. The average Bonchev–Trinajstić information content (AvgIpc) is 4.04. The van der Waals surface area contributed by atoms with Gasteiger partial charge in [-0.2, -0.15) is 0 Å². The summed E-state index contributed by atoms with van der Waals surface area (Å²) < 4.78 is 12.1. The number of fused-ring (bicyclic) bond motifs is 16. The number of anilines is 2. The third-order valence-electron chi connectivity index (χ3n) is 16.8. The molecule has 0 saturated heterocycles. The summed E-state index contributed by atoms with van der Waals surface area (Å²) in [6.07, 6.45) is 2.34. The number of nitrogens with zero attached hydrogens (tertiary/aromatic N) is 1. The third kappa shape index (κ3) is 5.43. The molecule has 3 aliphatic rings. The summed E-state index contributed by atoms with van der Waals surface area (Å²) in [6, 6.07) is 51.1. The van der Waals surface area contributed by atoms with E-state index in [2.05, 4.69) is 206 Å². The number of para-hydroxylation sites is 1. The van der Waals surface area contributed by atoms with Crippen LogP contribution in [-0.4, -0.2) is 11.8 Å². The highest BCUT2D eigenvalue weighted by molar-refractivity contribution is 7.27. The Morgan fingerprint density at radius 3 is 2.09 bits per heavy atom. The van der Waals surface area contributed by atoms with Gasteiger partial charge in [-0.3, -0.25) is 0 Å². The summed E-state index contributed by atoms with van der Waals surface area (Å²) >= 11 is 1.97. The number of benzene rings is 8. The lowest BCUT2D eigenvalue weighted by Crippen LogP contribution is -2.37. The first-order valence-corrected chi connectivity index (χ1v) is 25.5. The van der Waals surface area contributed by atoms with Crippen molar-refractivity contribution in [1.29, 1.82) is 0 Å². The molecule has 0 spiro atoms. The van der Waals surface area contributed by atoms with Gasteiger partial charge in [0, 0.05) is 69.8 Å². The molecule has 332 valence electrons. The Balaban J connectivity index is 1.17. The molecule has 5 heteroatoms. The van der Waals surface area contributed by atoms with Crippen LogP contribution in [0.25, 0.3) is 91.9 Å². The first-order chi connectivity index (χ1) is 32.6. The second-order valence-electron chi connectivity index (χ2n) is 23.2. The maximum atomic E-state index is 6.70. The maximum absolute atomic E-state index is 6.70. The van der Waals surface area contributed by atoms with E-state index < -0.39 is 0 Å². The fourth-order valence-corrected chi connectivity index (χ4v) is 14.2. The van der Waals surface area contributed by atoms with Crippen LogP contribution in [0.15, 0.2) is 138 Å². The first kappa shape index (κ1) is 40.5. The highest BCUT2D eigenvalue weighted by Crippen LogP contribution is 2.56. The molecule has 8 aromatic carbocycles. The van der Waals surface area contributed by atoms with Gasteiger partial charge in [0.2, 0.25) is 0 Å². The fourth-order valence-electron chi connectivity index (χ4n) is 12.9. The van der Waals surface area contributed by atoms with Gasteiger partial charge in [0.25, 0.3) is 0 Å². The Hall–Kier alpha value is -6.56. The highest BCUT2D eigenvalue weighted by atomic mass is 32.1. The van der Waals surface area contributed by atoms with Crippen LogP contribution in [-0.2, 0) is 21.7 Å². The number of rotatable bonds is 3. The van der Waals surface area contributed by atoms with Crippen LogP contribution in [0, 0.1) is 0 Å². The van der Waals surface area contributed by atoms with Crippen molar-refractivity contribution >= 4 is 105 Å². The monoisotopic (exact) mass is 898 g/mol. The van der Waals surface area contributed by atoms with Gasteiger partial charge in [-0.05, 0) is 140 Å². The van der Waals surface area contributed by atoms with Crippen molar-refractivity contribution in [3.8, 4) is 27.9 Å². The predicted octanol–water partition coefficient (Wildman–Crippen LogP) is 16.1. The van der Waals surface area contributed by atoms with Gasteiger partial charge >= 0.3 is 0 Å². The standard InChI is InChI=1S/C63H55BN2OS/c1-60(2,3)34-22-24-35(25-23-34)65-48-31-44-39(36-16-10-13-19-43(36)63(44,8)9)28-41(48)54-55-38-18-12-15-21-53(38)68-59(55)56-42-29-45-46(62(6,7)27-26-61(45,4)5)32-49(42)66-50-30-40-37-17-11-14-20-51(37)67-52(40)33-47(50)64-57(54)58(56)66/h10-25,28-33,64-65H,26-27H2,1-9H3. The van der Waals surface area contributed by atoms with Gasteiger partial charge in [-0.1, -0.05) is 141 Å². The van der Waals surface area contributed by atoms with Crippen LogP contribution >= 0.6 is 11.3 Å². The Labute approximate surface area is 403 Å². The van der Waals surface area contributed by atoms with Crippen molar-refractivity contribution in [3.63, 3.8) is 0 Å². The van der Waals surface area contributed by atoms with Crippen LogP contribution in [0.3, 0.4) is 0 Å². The molecule has 0 fully saturated rings. The SMILES string of the molecule is CC(C)(C)c1ccc(Nc2cc3c(cc2-c2c4c5c(c6cc7c(cc6n5-c5cc6c(cc5B4)oc4ccccc46)C(C)(C)CCC7(C)C)c4sc5ccccc5c24)-c2ccccc2C3(C)C)cc1. The number of hydrogen-bond acceptors (Lipinski definition) is 3. The lowest BCUT2D eigenvalue weighted by Gasteiger charge is -2.42. The molecule has 1 N–H and O–H groups in total. The largest absolute Gasteiger partial charge is 0.456 e. The van der Waals surface area contributed by atoms with E-state index in [0.717, 1.165) is 35.2 Å². The summed E-state index contributed by atoms with van der Waals surface area (Å²) in [5, 5.41) is 11.9. The molecule has 0 unspecified atom stereocenters. The van der Waals surface area contributed by atoms with Crippen LogP contribution in [0.1, 0.15) is 103 Å². The number of aromatic nitrogens is 1. The van der Waals surface area contributed by atoms with Gasteiger partial charge in [0.05, 0.1) is 11.0 Å². The minimum atomic E-state index is -0.163.